The first-order chi connectivity index (χ1) is 6.97. The van der Waals surface area contributed by atoms with E-state index in [0.29, 0.717) is 6.04 Å². The molecule has 0 amide bonds. The molecule has 0 bridgehead atoms. The van der Waals surface area contributed by atoms with Crippen molar-refractivity contribution in [3.63, 3.8) is 0 Å². The molecule has 1 aromatic carbocycles. The van der Waals surface area contributed by atoms with Gasteiger partial charge in [0, 0.05) is 17.3 Å². The number of nitrogens with one attached hydrogen (secondary N) is 1. The number of rotatable bonds is 1. The Hall–Kier alpha value is -1.02. The van der Waals surface area contributed by atoms with Gasteiger partial charge in [-0.1, -0.05) is 12.1 Å². The van der Waals surface area contributed by atoms with Crippen molar-refractivity contribution in [3.05, 3.63) is 29.3 Å². The molecule has 0 fully saturated rings. The van der Waals surface area contributed by atoms with Crippen LogP contribution in [0.2, 0.25) is 0 Å². The van der Waals surface area contributed by atoms with Gasteiger partial charge in [-0.15, -0.1) is 0 Å². The fraction of sp³-hybridized carbons (Fsp3) is 0.538. The zero-order valence-corrected chi connectivity index (χ0v) is 9.80. The molecule has 2 heteroatoms. The summed E-state index contributed by atoms with van der Waals surface area (Å²) in [4.78, 5) is 0. The second kappa shape index (κ2) is 3.53. The molecule has 1 aliphatic rings. The molecule has 2 rings (SSSR count). The van der Waals surface area contributed by atoms with Gasteiger partial charge in [0.1, 0.15) is 0 Å². The summed E-state index contributed by atoms with van der Waals surface area (Å²) in [6.07, 6.45) is 2.27. The molecule has 0 heterocycles. The van der Waals surface area contributed by atoms with Crippen LogP contribution in [-0.4, -0.2) is 5.54 Å². The lowest BCUT2D eigenvalue weighted by Crippen LogP contribution is -2.38. The summed E-state index contributed by atoms with van der Waals surface area (Å²) >= 11 is 0. The van der Waals surface area contributed by atoms with Crippen LogP contribution in [-0.2, 0) is 6.42 Å². The van der Waals surface area contributed by atoms with Crippen molar-refractivity contribution in [1.82, 2.24) is 5.32 Å². The third-order valence-corrected chi connectivity index (χ3v) is 2.91. The van der Waals surface area contributed by atoms with E-state index in [0.717, 1.165) is 12.1 Å². The van der Waals surface area contributed by atoms with E-state index in [2.05, 4.69) is 38.2 Å². The number of anilines is 1. The molecule has 1 atom stereocenters. The van der Waals surface area contributed by atoms with Gasteiger partial charge in [-0.2, -0.15) is 0 Å². The summed E-state index contributed by atoms with van der Waals surface area (Å²) in [6, 6.07) is 6.72. The van der Waals surface area contributed by atoms with Gasteiger partial charge in [0.05, 0.1) is 0 Å². The molecule has 0 saturated heterocycles. The van der Waals surface area contributed by atoms with E-state index >= 15 is 0 Å². The van der Waals surface area contributed by atoms with Gasteiger partial charge >= 0.3 is 0 Å². The van der Waals surface area contributed by atoms with Crippen LogP contribution < -0.4 is 11.1 Å². The fourth-order valence-electron chi connectivity index (χ4n) is 2.36. The highest BCUT2D eigenvalue weighted by molar-refractivity contribution is 5.54. The number of hydrogen-bond donors (Lipinski definition) is 2. The van der Waals surface area contributed by atoms with E-state index in [-0.39, 0.29) is 5.54 Å². The molecule has 1 aromatic rings. The maximum absolute atomic E-state index is 5.97. The van der Waals surface area contributed by atoms with Crippen LogP contribution in [0.5, 0.6) is 0 Å². The van der Waals surface area contributed by atoms with Crippen LogP contribution >= 0.6 is 0 Å². The Morgan fingerprint density at radius 3 is 2.73 bits per heavy atom. The van der Waals surface area contributed by atoms with E-state index in [1.807, 2.05) is 6.07 Å². The highest BCUT2D eigenvalue weighted by atomic mass is 15.0. The average molecular weight is 204 g/mol. The Bertz CT molecular complexity index is 363. The van der Waals surface area contributed by atoms with Crippen molar-refractivity contribution >= 4 is 5.69 Å². The first-order valence-electron chi connectivity index (χ1n) is 5.62. The molecule has 82 valence electrons. The maximum Gasteiger partial charge on any atom is 0.0349 e. The lowest BCUT2D eigenvalue weighted by atomic mass is 10.0. The quantitative estimate of drug-likeness (QED) is 0.690. The molecule has 0 aromatic heterocycles. The monoisotopic (exact) mass is 204 g/mol. The summed E-state index contributed by atoms with van der Waals surface area (Å²) in [6.45, 7) is 6.62. The molecule has 15 heavy (non-hydrogen) atoms. The molecule has 2 nitrogen and oxygen atoms in total. The van der Waals surface area contributed by atoms with Crippen LogP contribution in [0.3, 0.4) is 0 Å². The SMILES string of the molecule is CC(C)(C)NC1CCc2c(N)cccc21. The van der Waals surface area contributed by atoms with E-state index in [4.69, 9.17) is 5.73 Å². The molecule has 0 aliphatic heterocycles. The van der Waals surface area contributed by atoms with Gasteiger partial charge in [0.25, 0.3) is 0 Å². The Morgan fingerprint density at radius 1 is 1.33 bits per heavy atom. The van der Waals surface area contributed by atoms with Crippen molar-refractivity contribution in [3.8, 4) is 0 Å². The average Bonchev–Trinajstić information content (AvgIpc) is 2.48. The van der Waals surface area contributed by atoms with E-state index in [1.165, 1.54) is 17.5 Å². The Labute approximate surface area is 91.9 Å². The summed E-state index contributed by atoms with van der Waals surface area (Å²) < 4.78 is 0. The smallest absolute Gasteiger partial charge is 0.0349 e. The van der Waals surface area contributed by atoms with Gasteiger partial charge in [0.15, 0.2) is 0 Å². The minimum atomic E-state index is 0.164. The molecule has 0 spiro atoms. The van der Waals surface area contributed by atoms with Crippen LogP contribution in [0.4, 0.5) is 5.69 Å². The first-order valence-corrected chi connectivity index (χ1v) is 5.62. The van der Waals surface area contributed by atoms with Gasteiger partial charge in [-0.25, -0.2) is 0 Å². The predicted octanol–water partition coefficient (Wildman–Crippen LogP) is 2.64. The summed E-state index contributed by atoms with van der Waals surface area (Å²) in [7, 11) is 0. The lowest BCUT2D eigenvalue weighted by Gasteiger charge is -2.26. The van der Waals surface area contributed by atoms with Crippen LogP contribution in [0.25, 0.3) is 0 Å². The van der Waals surface area contributed by atoms with Crippen LogP contribution in [0.15, 0.2) is 18.2 Å². The third kappa shape index (κ3) is 2.15. The number of nitrogen functional groups attached to an aromatic ring is 1. The summed E-state index contributed by atoms with van der Waals surface area (Å²) in [5.74, 6) is 0. The van der Waals surface area contributed by atoms with Crippen molar-refractivity contribution in [1.29, 1.82) is 0 Å². The van der Waals surface area contributed by atoms with Crippen LogP contribution in [0.1, 0.15) is 44.4 Å². The zero-order chi connectivity index (χ0) is 11.1. The number of nitrogens with two attached hydrogens (primary N) is 1. The van der Waals surface area contributed by atoms with E-state index < -0.39 is 0 Å². The Balaban J connectivity index is 2.26. The standard InChI is InChI=1S/C13H20N2/c1-13(2,3)15-12-8-7-9-10(12)5-4-6-11(9)14/h4-6,12,15H,7-8,14H2,1-3H3. The van der Waals surface area contributed by atoms with Gasteiger partial charge in [-0.05, 0) is 50.8 Å². The Kier molecular flexibility index (Phi) is 2.47. The van der Waals surface area contributed by atoms with Crippen molar-refractivity contribution in [2.45, 2.75) is 45.2 Å². The molecular weight excluding hydrogens is 184 g/mol. The van der Waals surface area contributed by atoms with Crippen LogP contribution in [0, 0.1) is 0 Å². The molecular formula is C13H20N2. The minimum absolute atomic E-state index is 0.164. The number of benzene rings is 1. The number of hydrogen-bond acceptors (Lipinski definition) is 2. The molecule has 1 unspecified atom stereocenters. The largest absolute Gasteiger partial charge is 0.398 e. The molecule has 0 saturated carbocycles. The predicted molar refractivity (Wildman–Crippen MR) is 64.8 cm³/mol. The van der Waals surface area contributed by atoms with Gasteiger partial charge in [-0.3, -0.25) is 0 Å². The normalized spacial score (nSPS) is 20.3. The van der Waals surface area contributed by atoms with Crippen molar-refractivity contribution in [2.75, 3.05) is 5.73 Å². The fourth-order valence-corrected chi connectivity index (χ4v) is 2.36. The lowest BCUT2D eigenvalue weighted by molar-refractivity contribution is 0.362. The Morgan fingerprint density at radius 2 is 2.07 bits per heavy atom. The minimum Gasteiger partial charge on any atom is -0.398 e. The second-order valence-electron chi connectivity index (χ2n) is 5.40. The third-order valence-electron chi connectivity index (χ3n) is 2.91. The first kappa shape index (κ1) is 10.5. The summed E-state index contributed by atoms with van der Waals surface area (Å²) in [5.41, 5.74) is 9.82. The summed E-state index contributed by atoms with van der Waals surface area (Å²) in [5, 5.41) is 3.65. The van der Waals surface area contributed by atoms with Crippen molar-refractivity contribution < 1.29 is 0 Å². The van der Waals surface area contributed by atoms with Crippen molar-refractivity contribution in [2.24, 2.45) is 0 Å². The second-order valence-corrected chi connectivity index (χ2v) is 5.40. The highest BCUT2D eigenvalue weighted by Crippen LogP contribution is 2.35. The van der Waals surface area contributed by atoms with Gasteiger partial charge < -0.3 is 11.1 Å². The highest BCUT2D eigenvalue weighted by Gasteiger charge is 2.26. The van der Waals surface area contributed by atoms with Gasteiger partial charge in [0.2, 0.25) is 0 Å². The maximum atomic E-state index is 5.97. The molecule has 3 N–H and O–H groups in total. The number of fused-ring (bicyclic) bond motifs is 1. The topological polar surface area (TPSA) is 38.0 Å². The molecule has 0 radical (unpaired) electrons. The zero-order valence-electron chi connectivity index (χ0n) is 9.80. The van der Waals surface area contributed by atoms with E-state index in [9.17, 15) is 0 Å². The molecule has 1 aliphatic carbocycles. The van der Waals surface area contributed by atoms with E-state index in [1.54, 1.807) is 0 Å².